The Kier molecular flexibility index (Phi) is 7.45. The first kappa shape index (κ1) is 12.3. The zero-order chi connectivity index (χ0) is 10.1. The lowest BCUT2D eigenvalue weighted by Crippen LogP contribution is -2.38. The molecule has 3 heteroatoms. The summed E-state index contributed by atoms with van der Waals surface area (Å²) in [7, 11) is 0. The number of rotatable bonds is 6. The van der Waals surface area contributed by atoms with E-state index in [1.54, 1.807) is 0 Å². The van der Waals surface area contributed by atoms with Crippen molar-refractivity contribution in [3.8, 4) is 0 Å². The minimum absolute atomic E-state index is 0.0336. The highest BCUT2D eigenvalue weighted by molar-refractivity contribution is 5.73. The van der Waals surface area contributed by atoms with E-state index in [4.69, 9.17) is 0 Å². The van der Waals surface area contributed by atoms with E-state index < -0.39 is 0 Å². The standard InChI is InChI=1S/C10H22N2O/c1-4-7-11-10(13)12-8-9(5-2)6-3/h9H,4-8H2,1-3H3,(H2,11,12,13). The first-order valence-corrected chi connectivity index (χ1v) is 5.26. The second-order valence-corrected chi connectivity index (χ2v) is 3.32. The van der Waals surface area contributed by atoms with Gasteiger partial charge in [0.2, 0.25) is 0 Å². The van der Waals surface area contributed by atoms with Gasteiger partial charge >= 0.3 is 6.03 Å². The summed E-state index contributed by atoms with van der Waals surface area (Å²) in [6.45, 7) is 7.90. The first-order chi connectivity index (χ1) is 6.24. The molecule has 0 radical (unpaired) electrons. The van der Waals surface area contributed by atoms with Crippen molar-refractivity contribution in [2.75, 3.05) is 13.1 Å². The maximum atomic E-state index is 11.1. The molecule has 0 saturated carbocycles. The van der Waals surface area contributed by atoms with Crippen LogP contribution in [0.1, 0.15) is 40.0 Å². The lowest BCUT2D eigenvalue weighted by Gasteiger charge is -2.13. The minimum Gasteiger partial charge on any atom is -0.338 e. The molecule has 0 heterocycles. The van der Waals surface area contributed by atoms with Gasteiger partial charge in [0.15, 0.2) is 0 Å². The fourth-order valence-corrected chi connectivity index (χ4v) is 1.12. The third-order valence-electron chi connectivity index (χ3n) is 2.24. The van der Waals surface area contributed by atoms with Crippen LogP contribution in [-0.2, 0) is 0 Å². The van der Waals surface area contributed by atoms with Crippen molar-refractivity contribution in [2.24, 2.45) is 5.92 Å². The Morgan fingerprint density at radius 1 is 1.15 bits per heavy atom. The number of hydrogen-bond acceptors (Lipinski definition) is 1. The minimum atomic E-state index is -0.0336. The van der Waals surface area contributed by atoms with E-state index >= 15 is 0 Å². The van der Waals surface area contributed by atoms with E-state index in [1.807, 2.05) is 6.92 Å². The third kappa shape index (κ3) is 6.43. The Labute approximate surface area is 81.3 Å². The van der Waals surface area contributed by atoms with Crippen LogP contribution >= 0.6 is 0 Å². The normalized spacial score (nSPS) is 10.2. The summed E-state index contributed by atoms with van der Waals surface area (Å²) < 4.78 is 0. The Bertz CT molecular complexity index is 133. The number of carbonyl (C=O) groups is 1. The number of amides is 2. The summed E-state index contributed by atoms with van der Waals surface area (Å²) in [5.41, 5.74) is 0. The van der Waals surface area contributed by atoms with Crippen molar-refractivity contribution in [3.05, 3.63) is 0 Å². The predicted octanol–water partition coefficient (Wildman–Crippen LogP) is 2.13. The molecule has 78 valence electrons. The predicted molar refractivity (Wildman–Crippen MR) is 55.8 cm³/mol. The molecule has 13 heavy (non-hydrogen) atoms. The van der Waals surface area contributed by atoms with Crippen LogP contribution in [0.5, 0.6) is 0 Å². The fraction of sp³-hybridized carbons (Fsp3) is 0.900. The molecule has 3 nitrogen and oxygen atoms in total. The monoisotopic (exact) mass is 186 g/mol. The zero-order valence-corrected chi connectivity index (χ0v) is 9.02. The maximum Gasteiger partial charge on any atom is 0.314 e. The second-order valence-electron chi connectivity index (χ2n) is 3.32. The molecule has 0 rings (SSSR count). The van der Waals surface area contributed by atoms with Crippen LogP contribution in [0, 0.1) is 5.92 Å². The van der Waals surface area contributed by atoms with Gasteiger partial charge in [-0.2, -0.15) is 0 Å². The van der Waals surface area contributed by atoms with Gasteiger partial charge in [-0.05, 0) is 12.3 Å². The van der Waals surface area contributed by atoms with Crippen LogP contribution in [0.2, 0.25) is 0 Å². The summed E-state index contributed by atoms with van der Waals surface area (Å²) in [6.07, 6.45) is 3.24. The van der Waals surface area contributed by atoms with Crippen molar-refractivity contribution in [1.29, 1.82) is 0 Å². The summed E-state index contributed by atoms with van der Waals surface area (Å²) in [4.78, 5) is 11.1. The van der Waals surface area contributed by atoms with Crippen LogP contribution in [-0.4, -0.2) is 19.1 Å². The van der Waals surface area contributed by atoms with E-state index in [2.05, 4.69) is 24.5 Å². The highest BCUT2D eigenvalue weighted by Crippen LogP contribution is 2.04. The summed E-state index contributed by atoms with van der Waals surface area (Å²) in [5, 5.41) is 5.66. The van der Waals surface area contributed by atoms with Crippen molar-refractivity contribution >= 4 is 6.03 Å². The van der Waals surface area contributed by atoms with Gasteiger partial charge in [0.05, 0.1) is 0 Å². The topological polar surface area (TPSA) is 41.1 Å². The molecule has 0 aromatic rings. The SMILES string of the molecule is CCCNC(=O)NCC(CC)CC. The largest absolute Gasteiger partial charge is 0.338 e. The van der Waals surface area contributed by atoms with E-state index in [1.165, 1.54) is 0 Å². The van der Waals surface area contributed by atoms with Crippen LogP contribution < -0.4 is 10.6 Å². The van der Waals surface area contributed by atoms with Crippen molar-refractivity contribution in [3.63, 3.8) is 0 Å². The molecule has 0 bridgehead atoms. The van der Waals surface area contributed by atoms with Gasteiger partial charge in [0.1, 0.15) is 0 Å². The smallest absolute Gasteiger partial charge is 0.314 e. The molecule has 0 aromatic carbocycles. The average Bonchev–Trinajstić information content (AvgIpc) is 2.16. The van der Waals surface area contributed by atoms with Gasteiger partial charge in [0.25, 0.3) is 0 Å². The lowest BCUT2D eigenvalue weighted by molar-refractivity contribution is 0.238. The van der Waals surface area contributed by atoms with E-state index in [-0.39, 0.29) is 6.03 Å². The van der Waals surface area contributed by atoms with Crippen LogP contribution in [0.3, 0.4) is 0 Å². The van der Waals surface area contributed by atoms with Crippen LogP contribution in [0.15, 0.2) is 0 Å². The number of hydrogen-bond donors (Lipinski definition) is 2. The Balaban J connectivity index is 3.44. The lowest BCUT2D eigenvalue weighted by atomic mass is 10.0. The van der Waals surface area contributed by atoms with Crippen molar-refractivity contribution in [1.82, 2.24) is 10.6 Å². The highest BCUT2D eigenvalue weighted by atomic mass is 16.2. The summed E-state index contributed by atoms with van der Waals surface area (Å²) >= 11 is 0. The molecule has 0 saturated heterocycles. The van der Waals surface area contributed by atoms with E-state index in [0.29, 0.717) is 5.92 Å². The summed E-state index contributed by atoms with van der Waals surface area (Å²) in [6, 6.07) is -0.0336. The summed E-state index contributed by atoms with van der Waals surface area (Å²) in [5.74, 6) is 0.618. The highest BCUT2D eigenvalue weighted by Gasteiger charge is 2.04. The Morgan fingerprint density at radius 2 is 1.77 bits per heavy atom. The molecular formula is C10H22N2O. The van der Waals surface area contributed by atoms with Crippen LogP contribution in [0.25, 0.3) is 0 Å². The van der Waals surface area contributed by atoms with Gasteiger partial charge in [-0.3, -0.25) is 0 Å². The number of nitrogens with one attached hydrogen (secondary N) is 2. The number of urea groups is 1. The first-order valence-electron chi connectivity index (χ1n) is 5.26. The van der Waals surface area contributed by atoms with E-state index in [0.717, 1.165) is 32.4 Å². The number of carbonyl (C=O) groups excluding carboxylic acids is 1. The zero-order valence-electron chi connectivity index (χ0n) is 9.02. The van der Waals surface area contributed by atoms with Gasteiger partial charge in [0, 0.05) is 13.1 Å². The Hall–Kier alpha value is -0.730. The van der Waals surface area contributed by atoms with Gasteiger partial charge in [-0.25, -0.2) is 4.79 Å². The third-order valence-corrected chi connectivity index (χ3v) is 2.24. The molecule has 0 fully saturated rings. The molecule has 0 unspecified atom stereocenters. The van der Waals surface area contributed by atoms with Gasteiger partial charge in [-0.15, -0.1) is 0 Å². The molecule has 0 aromatic heterocycles. The molecule has 0 spiro atoms. The quantitative estimate of drug-likeness (QED) is 0.655. The molecule has 0 aliphatic carbocycles. The van der Waals surface area contributed by atoms with E-state index in [9.17, 15) is 4.79 Å². The molecule has 2 N–H and O–H groups in total. The maximum absolute atomic E-state index is 11.1. The Morgan fingerprint density at radius 3 is 2.23 bits per heavy atom. The molecule has 2 amide bonds. The van der Waals surface area contributed by atoms with Gasteiger partial charge in [-0.1, -0.05) is 33.6 Å². The average molecular weight is 186 g/mol. The van der Waals surface area contributed by atoms with Crippen molar-refractivity contribution in [2.45, 2.75) is 40.0 Å². The molecule has 0 atom stereocenters. The van der Waals surface area contributed by atoms with Gasteiger partial charge < -0.3 is 10.6 Å². The molecule has 0 aliphatic heterocycles. The molecule has 0 aliphatic rings. The second kappa shape index (κ2) is 7.90. The van der Waals surface area contributed by atoms with Crippen molar-refractivity contribution < 1.29 is 4.79 Å². The fourth-order valence-electron chi connectivity index (χ4n) is 1.12. The molecular weight excluding hydrogens is 164 g/mol. The van der Waals surface area contributed by atoms with Crippen LogP contribution in [0.4, 0.5) is 4.79 Å².